The number of nitrogens with zero attached hydrogens (tertiary/aromatic N) is 2. The summed E-state index contributed by atoms with van der Waals surface area (Å²) in [7, 11) is 5.99. The Morgan fingerprint density at radius 1 is 0.941 bits per heavy atom. The van der Waals surface area contributed by atoms with Crippen molar-refractivity contribution in [2.45, 2.75) is 0 Å². The molecule has 1 aliphatic heterocycles. The molecule has 1 aliphatic rings. The first-order valence-corrected chi connectivity index (χ1v) is 5.38. The number of imide groups is 1. The molecule has 0 aliphatic carbocycles. The molecule has 0 aromatic heterocycles. The Hall–Kier alpha value is -1.94. The van der Waals surface area contributed by atoms with Crippen molar-refractivity contribution in [3.05, 3.63) is 36.4 Å². The molecule has 17 heavy (non-hydrogen) atoms. The average Bonchev–Trinajstić information content (AvgIpc) is 2.57. The first kappa shape index (κ1) is 11.5. The van der Waals surface area contributed by atoms with E-state index in [0.717, 1.165) is 5.69 Å². The quantitative estimate of drug-likeness (QED) is 0.568. The maximum Gasteiger partial charge on any atom is 0.258 e. The molecule has 4 heteroatoms. The third-order valence-corrected chi connectivity index (χ3v) is 2.65. The molecule has 0 N–H and O–H groups in total. The van der Waals surface area contributed by atoms with Gasteiger partial charge in [0, 0.05) is 18.2 Å². The number of para-hydroxylation sites is 2. The minimum Gasteiger partial charge on any atom is -0.297 e. The largest absolute Gasteiger partial charge is 0.297 e. The Kier molecular flexibility index (Phi) is 2.59. The number of rotatable bonds is 2. The third-order valence-electron chi connectivity index (χ3n) is 2.65. The maximum absolute atomic E-state index is 11.7. The van der Waals surface area contributed by atoms with Crippen LogP contribution in [0, 0.1) is 0 Å². The smallest absolute Gasteiger partial charge is 0.258 e. The van der Waals surface area contributed by atoms with Crippen LogP contribution in [0.3, 0.4) is 0 Å². The summed E-state index contributed by atoms with van der Waals surface area (Å²) in [6.07, 6.45) is 2.60. The lowest BCUT2D eigenvalue weighted by molar-refractivity contribution is -0.119. The van der Waals surface area contributed by atoms with Crippen LogP contribution in [-0.4, -0.2) is 33.0 Å². The number of hydrogen-bond donors (Lipinski definition) is 0. The zero-order valence-electron chi connectivity index (χ0n) is 10.2. The zero-order valence-corrected chi connectivity index (χ0v) is 10.2. The summed E-state index contributed by atoms with van der Waals surface area (Å²) in [6.45, 7) is 0. The molecule has 0 saturated heterocycles. The van der Waals surface area contributed by atoms with E-state index in [1.165, 1.54) is 17.1 Å². The van der Waals surface area contributed by atoms with Crippen molar-refractivity contribution in [2.75, 3.05) is 26.0 Å². The van der Waals surface area contributed by atoms with Gasteiger partial charge in [-0.15, -0.1) is 0 Å². The number of hydrogen-bond acceptors (Lipinski definition) is 2. The molecule has 1 heterocycles. The van der Waals surface area contributed by atoms with Gasteiger partial charge in [-0.25, -0.2) is 4.90 Å². The Balaban J connectivity index is 2.53. The van der Waals surface area contributed by atoms with Crippen LogP contribution in [0.2, 0.25) is 0 Å². The Morgan fingerprint density at radius 3 is 2.00 bits per heavy atom. The first-order chi connectivity index (χ1) is 7.91. The molecule has 0 spiro atoms. The summed E-state index contributed by atoms with van der Waals surface area (Å²) in [4.78, 5) is 24.6. The minimum atomic E-state index is -0.282. The highest BCUT2D eigenvalue weighted by Gasteiger charge is 2.30. The number of quaternary nitrogens is 1. The molecule has 0 saturated carbocycles. The second-order valence-corrected chi connectivity index (χ2v) is 4.85. The summed E-state index contributed by atoms with van der Waals surface area (Å²) in [5.74, 6) is -0.563. The van der Waals surface area contributed by atoms with E-state index < -0.39 is 0 Å². The van der Waals surface area contributed by atoms with Gasteiger partial charge in [-0.3, -0.25) is 14.1 Å². The fourth-order valence-electron chi connectivity index (χ4n) is 1.86. The molecule has 0 atom stereocenters. The fourth-order valence-corrected chi connectivity index (χ4v) is 1.86. The number of benzene rings is 1. The van der Waals surface area contributed by atoms with Crippen molar-refractivity contribution < 1.29 is 9.59 Å². The van der Waals surface area contributed by atoms with Gasteiger partial charge in [0.25, 0.3) is 11.8 Å². The summed E-state index contributed by atoms with van der Waals surface area (Å²) in [5.41, 5.74) is 1.58. The van der Waals surface area contributed by atoms with Crippen LogP contribution < -0.4 is 9.38 Å². The molecular formula is C13H15N2O2+. The average molecular weight is 231 g/mol. The van der Waals surface area contributed by atoms with Crippen LogP contribution in [-0.2, 0) is 9.59 Å². The van der Waals surface area contributed by atoms with Gasteiger partial charge in [-0.1, -0.05) is 12.1 Å². The van der Waals surface area contributed by atoms with Gasteiger partial charge in [-0.2, -0.15) is 0 Å². The SMILES string of the molecule is C[N+](C)(C)c1ccccc1N1C(=O)C=CC1=O. The van der Waals surface area contributed by atoms with Crippen molar-refractivity contribution in [2.24, 2.45) is 0 Å². The summed E-state index contributed by atoms with van der Waals surface area (Å²) >= 11 is 0. The molecule has 0 radical (unpaired) electrons. The van der Waals surface area contributed by atoms with Gasteiger partial charge >= 0.3 is 0 Å². The van der Waals surface area contributed by atoms with Crippen LogP contribution in [0.15, 0.2) is 36.4 Å². The Bertz CT molecular complexity index is 494. The molecule has 0 bridgehead atoms. The van der Waals surface area contributed by atoms with E-state index >= 15 is 0 Å². The Morgan fingerprint density at radius 2 is 1.47 bits per heavy atom. The lowest BCUT2D eigenvalue weighted by Crippen LogP contribution is -2.38. The summed E-state index contributed by atoms with van der Waals surface area (Å²) in [5, 5.41) is 0. The fraction of sp³-hybridized carbons (Fsp3) is 0.231. The van der Waals surface area contributed by atoms with Crippen molar-refractivity contribution in [3.8, 4) is 0 Å². The van der Waals surface area contributed by atoms with Gasteiger partial charge < -0.3 is 0 Å². The standard InChI is InChI=1S/C13H15N2O2/c1-15(2,3)11-7-5-4-6-10(11)14-12(16)8-9-13(14)17/h4-9H,1-3H3/q+1. The summed E-state index contributed by atoms with van der Waals surface area (Å²) < 4.78 is 0.549. The molecule has 1 aromatic rings. The predicted octanol–water partition coefficient (Wildman–Crippen LogP) is 1.31. The monoisotopic (exact) mass is 231 g/mol. The minimum absolute atomic E-state index is 0.282. The highest BCUT2D eigenvalue weighted by molar-refractivity contribution is 6.29. The van der Waals surface area contributed by atoms with Gasteiger partial charge in [0.05, 0.1) is 21.1 Å². The van der Waals surface area contributed by atoms with Crippen molar-refractivity contribution >= 4 is 23.2 Å². The number of amides is 2. The van der Waals surface area contributed by atoms with Gasteiger partial charge in [0.2, 0.25) is 0 Å². The van der Waals surface area contributed by atoms with Crippen LogP contribution >= 0.6 is 0 Å². The summed E-state index contributed by atoms with van der Waals surface area (Å²) in [6, 6.07) is 7.45. The molecular weight excluding hydrogens is 216 g/mol. The zero-order chi connectivity index (χ0) is 12.6. The first-order valence-electron chi connectivity index (χ1n) is 5.38. The van der Waals surface area contributed by atoms with E-state index in [2.05, 4.69) is 0 Å². The molecule has 2 amide bonds. The molecule has 2 rings (SSSR count). The maximum atomic E-state index is 11.7. The van der Waals surface area contributed by atoms with E-state index in [1.807, 2.05) is 39.3 Å². The van der Waals surface area contributed by atoms with E-state index in [9.17, 15) is 9.59 Å². The van der Waals surface area contributed by atoms with Gasteiger partial charge in [-0.05, 0) is 6.07 Å². The number of carbonyl (C=O) groups excluding carboxylic acids is 2. The highest BCUT2D eigenvalue weighted by atomic mass is 16.2. The number of carbonyl (C=O) groups is 2. The molecule has 1 aromatic carbocycles. The van der Waals surface area contributed by atoms with Crippen molar-refractivity contribution in [3.63, 3.8) is 0 Å². The van der Waals surface area contributed by atoms with Crippen molar-refractivity contribution in [1.82, 2.24) is 4.48 Å². The topological polar surface area (TPSA) is 37.4 Å². The molecule has 0 unspecified atom stereocenters. The van der Waals surface area contributed by atoms with Crippen LogP contribution in [0.1, 0.15) is 0 Å². The van der Waals surface area contributed by atoms with E-state index in [1.54, 1.807) is 6.07 Å². The number of anilines is 1. The molecule has 88 valence electrons. The lowest BCUT2D eigenvalue weighted by atomic mass is 10.2. The van der Waals surface area contributed by atoms with Crippen LogP contribution in [0.5, 0.6) is 0 Å². The molecule has 4 nitrogen and oxygen atoms in total. The van der Waals surface area contributed by atoms with E-state index in [0.29, 0.717) is 10.2 Å². The highest BCUT2D eigenvalue weighted by Crippen LogP contribution is 2.32. The van der Waals surface area contributed by atoms with Crippen LogP contribution in [0.25, 0.3) is 0 Å². The predicted molar refractivity (Wildman–Crippen MR) is 67.6 cm³/mol. The Labute approximate surface area is 100 Å². The second-order valence-electron chi connectivity index (χ2n) is 4.85. The lowest BCUT2D eigenvalue weighted by Gasteiger charge is -2.28. The van der Waals surface area contributed by atoms with Crippen LogP contribution in [0.4, 0.5) is 11.4 Å². The van der Waals surface area contributed by atoms with Gasteiger partial charge in [0.15, 0.2) is 5.69 Å². The van der Waals surface area contributed by atoms with E-state index in [-0.39, 0.29) is 11.8 Å². The normalized spacial score (nSPS) is 15.8. The third kappa shape index (κ3) is 1.99. The van der Waals surface area contributed by atoms with Crippen molar-refractivity contribution in [1.29, 1.82) is 0 Å². The van der Waals surface area contributed by atoms with E-state index in [4.69, 9.17) is 0 Å². The molecule has 0 fully saturated rings. The second kappa shape index (κ2) is 3.82. The van der Waals surface area contributed by atoms with Gasteiger partial charge in [0.1, 0.15) is 5.69 Å².